The molecule has 0 unspecified atom stereocenters. The highest BCUT2D eigenvalue weighted by molar-refractivity contribution is 7.79. The van der Waals surface area contributed by atoms with Gasteiger partial charge >= 0.3 is 0 Å². The van der Waals surface area contributed by atoms with Crippen LogP contribution in [0.3, 0.4) is 0 Å². The van der Waals surface area contributed by atoms with E-state index in [1.54, 1.807) is 0 Å². The number of ether oxygens (including phenoxy) is 2. The maximum absolute atomic E-state index is 12.2. The summed E-state index contributed by atoms with van der Waals surface area (Å²) >= 11 is 0. The van der Waals surface area contributed by atoms with Crippen LogP contribution in [0.5, 0.6) is 0 Å². The normalized spacial score (nSPS) is 23.5. The molecule has 1 saturated heterocycles. The third-order valence-corrected chi connectivity index (χ3v) is 5.64. The van der Waals surface area contributed by atoms with Gasteiger partial charge in [0.1, 0.15) is 12.7 Å². The summed E-state index contributed by atoms with van der Waals surface area (Å²) in [6, 6.07) is 9.14. The topological polar surface area (TPSA) is 113 Å². The van der Waals surface area contributed by atoms with E-state index in [0.717, 1.165) is 5.56 Å². The Kier molecular flexibility index (Phi) is 6.71. The van der Waals surface area contributed by atoms with E-state index in [4.69, 9.17) is 9.47 Å². The Morgan fingerprint density at radius 2 is 1.77 bits per heavy atom. The van der Waals surface area contributed by atoms with E-state index in [1.165, 1.54) is 13.3 Å². The van der Waals surface area contributed by atoms with Crippen LogP contribution < -0.4 is 0 Å². The van der Waals surface area contributed by atoms with Gasteiger partial charge in [0, 0.05) is 18.4 Å². The number of aliphatic hydroxyl groups excluding tert-OH is 1. The SMILES string of the molecule is CP(C)(=O)C(=O)CCC(=O)N(O)C1(CO)COC(c2ccccc2)OC1. The van der Waals surface area contributed by atoms with Crippen molar-refractivity contribution < 1.29 is 33.9 Å². The maximum atomic E-state index is 12.2. The highest BCUT2D eigenvalue weighted by Gasteiger charge is 2.44. The van der Waals surface area contributed by atoms with Crippen LogP contribution in [0.2, 0.25) is 0 Å². The van der Waals surface area contributed by atoms with Crippen molar-refractivity contribution in [2.75, 3.05) is 33.2 Å². The fraction of sp³-hybridized carbons (Fsp3) is 0.529. The van der Waals surface area contributed by atoms with Crippen molar-refractivity contribution in [1.29, 1.82) is 0 Å². The van der Waals surface area contributed by atoms with Crippen LogP contribution in [-0.2, 0) is 23.6 Å². The predicted octanol–water partition coefficient (Wildman–Crippen LogP) is 1.61. The number of carbonyl (C=O) groups is 2. The molecule has 9 heteroatoms. The molecule has 2 rings (SSSR count). The molecule has 1 aromatic rings. The fourth-order valence-electron chi connectivity index (χ4n) is 2.49. The van der Waals surface area contributed by atoms with Crippen molar-refractivity contribution in [3.8, 4) is 0 Å². The highest BCUT2D eigenvalue weighted by atomic mass is 31.2. The van der Waals surface area contributed by atoms with E-state index in [1.807, 2.05) is 30.3 Å². The van der Waals surface area contributed by atoms with Gasteiger partial charge in [-0.3, -0.25) is 14.8 Å². The molecule has 0 aromatic heterocycles. The molecule has 1 fully saturated rings. The summed E-state index contributed by atoms with van der Waals surface area (Å²) in [5, 5.41) is 20.3. The van der Waals surface area contributed by atoms with Gasteiger partial charge in [-0.05, 0) is 13.3 Å². The second-order valence-electron chi connectivity index (χ2n) is 6.70. The Bertz CT molecular complexity index is 680. The lowest BCUT2D eigenvalue weighted by Crippen LogP contribution is -2.61. The first-order chi connectivity index (χ1) is 12.2. The Hall–Kier alpha value is -1.57. The molecule has 1 heterocycles. The molecular weight excluding hydrogens is 361 g/mol. The van der Waals surface area contributed by atoms with Crippen molar-refractivity contribution in [3.05, 3.63) is 35.9 Å². The van der Waals surface area contributed by atoms with E-state index >= 15 is 0 Å². The predicted molar refractivity (Wildman–Crippen MR) is 93.2 cm³/mol. The second-order valence-corrected chi connectivity index (χ2v) is 9.90. The molecule has 1 aliphatic rings. The zero-order valence-corrected chi connectivity index (χ0v) is 15.7. The zero-order valence-electron chi connectivity index (χ0n) is 14.8. The Morgan fingerprint density at radius 1 is 1.19 bits per heavy atom. The number of nitrogens with zero attached hydrogens (tertiary/aromatic N) is 1. The van der Waals surface area contributed by atoms with Crippen LogP contribution in [0.1, 0.15) is 24.7 Å². The number of amides is 1. The number of carbonyl (C=O) groups excluding carboxylic acids is 2. The van der Waals surface area contributed by atoms with Gasteiger partial charge < -0.3 is 19.1 Å². The first-order valence-electron chi connectivity index (χ1n) is 8.19. The molecule has 0 saturated carbocycles. The van der Waals surface area contributed by atoms with Gasteiger partial charge in [0.2, 0.25) is 5.91 Å². The Morgan fingerprint density at radius 3 is 2.27 bits per heavy atom. The van der Waals surface area contributed by atoms with Gasteiger partial charge in [-0.15, -0.1) is 0 Å². The molecule has 0 spiro atoms. The highest BCUT2D eigenvalue weighted by Crippen LogP contribution is 2.38. The van der Waals surface area contributed by atoms with Crippen molar-refractivity contribution in [3.63, 3.8) is 0 Å². The molecule has 26 heavy (non-hydrogen) atoms. The van der Waals surface area contributed by atoms with E-state index in [0.29, 0.717) is 5.06 Å². The monoisotopic (exact) mass is 385 g/mol. The first-order valence-corrected chi connectivity index (χ1v) is 10.8. The van der Waals surface area contributed by atoms with Gasteiger partial charge in [0.15, 0.2) is 11.8 Å². The van der Waals surface area contributed by atoms with Gasteiger partial charge in [0.25, 0.3) is 0 Å². The van der Waals surface area contributed by atoms with Crippen molar-refractivity contribution >= 4 is 18.6 Å². The molecule has 0 bridgehead atoms. The van der Waals surface area contributed by atoms with E-state index < -0.39 is 37.0 Å². The first kappa shape index (κ1) is 20.7. The van der Waals surface area contributed by atoms with E-state index in [-0.39, 0.29) is 26.1 Å². The van der Waals surface area contributed by atoms with Crippen LogP contribution in [0.25, 0.3) is 0 Å². The lowest BCUT2D eigenvalue weighted by atomic mass is 10.0. The molecule has 2 N–H and O–H groups in total. The third-order valence-electron chi connectivity index (χ3n) is 4.21. The molecule has 0 radical (unpaired) electrons. The average molecular weight is 385 g/mol. The minimum absolute atomic E-state index is 0.140. The van der Waals surface area contributed by atoms with Gasteiger partial charge in [-0.2, -0.15) is 0 Å². The number of hydrogen-bond donors (Lipinski definition) is 2. The summed E-state index contributed by atoms with van der Waals surface area (Å²) in [7, 11) is -2.93. The summed E-state index contributed by atoms with van der Waals surface area (Å²) in [6.45, 7) is 1.81. The van der Waals surface area contributed by atoms with Crippen LogP contribution in [0.4, 0.5) is 0 Å². The number of hydroxylamine groups is 2. The summed E-state index contributed by atoms with van der Waals surface area (Å²) in [5.74, 6) is -0.772. The number of hydrogen-bond acceptors (Lipinski definition) is 7. The standard InChI is InChI=1S/C17H24NO7P/c1-26(2,23)15(21)9-8-14(20)18(22)17(10-19)11-24-16(25-12-17)13-6-4-3-5-7-13/h3-7,16,19,22H,8-12H2,1-2H3. The minimum Gasteiger partial charge on any atom is -0.394 e. The Labute approximate surface area is 152 Å². The molecular formula is C17H24NO7P. The van der Waals surface area contributed by atoms with Crippen molar-refractivity contribution in [1.82, 2.24) is 5.06 Å². The van der Waals surface area contributed by atoms with Gasteiger partial charge in [-0.25, -0.2) is 5.06 Å². The largest absolute Gasteiger partial charge is 0.394 e. The summed E-state index contributed by atoms with van der Waals surface area (Å²) in [6.07, 6.45) is -1.21. The molecule has 1 amide bonds. The minimum atomic E-state index is -2.93. The third kappa shape index (κ3) is 4.78. The summed E-state index contributed by atoms with van der Waals surface area (Å²) in [4.78, 5) is 23.9. The molecule has 8 nitrogen and oxygen atoms in total. The van der Waals surface area contributed by atoms with Crippen molar-refractivity contribution in [2.45, 2.75) is 24.7 Å². The zero-order chi connectivity index (χ0) is 19.4. The molecule has 0 aliphatic carbocycles. The number of rotatable bonds is 7. The van der Waals surface area contributed by atoms with Crippen molar-refractivity contribution in [2.24, 2.45) is 0 Å². The van der Waals surface area contributed by atoms with E-state index in [2.05, 4.69) is 0 Å². The summed E-state index contributed by atoms with van der Waals surface area (Å²) < 4.78 is 22.8. The second kappa shape index (κ2) is 8.41. The van der Waals surface area contributed by atoms with E-state index in [9.17, 15) is 24.5 Å². The smallest absolute Gasteiger partial charge is 0.247 e. The maximum Gasteiger partial charge on any atom is 0.247 e. The van der Waals surface area contributed by atoms with Gasteiger partial charge in [0.05, 0.1) is 19.8 Å². The van der Waals surface area contributed by atoms with Gasteiger partial charge in [-0.1, -0.05) is 30.3 Å². The quantitative estimate of drug-likeness (QED) is 0.416. The number of aliphatic hydroxyl groups is 1. The van der Waals surface area contributed by atoms with Crippen LogP contribution in [0.15, 0.2) is 30.3 Å². The molecule has 0 atom stereocenters. The summed E-state index contributed by atoms with van der Waals surface area (Å²) in [5.41, 5.74) is -1.19. The van der Waals surface area contributed by atoms with Crippen LogP contribution in [0, 0.1) is 0 Å². The number of benzene rings is 1. The Balaban J connectivity index is 1.98. The molecule has 1 aliphatic heterocycles. The molecule has 144 valence electrons. The lowest BCUT2D eigenvalue weighted by Gasteiger charge is -2.42. The lowest BCUT2D eigenvalue weighted by molar-refractivity contribution is -0.288. The fourth-order valence-corrected chi connectivity index (χ4v) is 3.14. The van der Waals surface area contributed by atoms with Crippen LogP contribution in [-0.4, -0.2) is 65.5 Å². The van der Waals surface area contributed by atoms with Crippen LogP contribution >= 0.6 is 7.14 Å². The molecule has 1 aromatic carbocycles. The average Bonchev–Trinajstić information content (AvgIpc) is 2.65.